The summed E-state index contributed by atoms with van der Waals surface area (Å²) in [6.45, 7) is 0. The van der Waals surface area contributed by atoms with E-state index in [2.05, 4.69) is 53.9 Å². The van der Waals surface area contributed by atoms with Crippen LogP contribution in [0.15, 0.2) is 29.0 Å². The average Bonchev–Trinajstić information content (AvgIpc) is 2.68. The molecule has 0 spiro atoms. The van der Waals surface area contributed by atoms with Crippen molar-refractivity contribution in [3.05, 3.63) is 38.1 Å². The lowest BCUT2D eigenvalue weighted by Crippen LogP contribution is -2.16. The van der Waals surface area contributed by atoms with Crippen LogP contribution in [-0.4, -0.2) is 20.7 Å². The van der Waals surface area contributed by atoms with Crippen LogP contribution in [0.25, 0.3) is 0 Å². The van der Waals surface area contributed by atoms with Crippen LogP contribution in [0.2, 0.25) is 0 Å². The molecule has 2 rings (SSSR count). The first-order valence-electron chi connectivity index (χ1n) is 4.68. The monoisotopic (exact) mass is 406 g/mol. The van der Waals surface area contributed by atoms with Gasteiger partial charge in [0.25, 0.3) is 5.91 Å². The minimum Gasteiger partial charge on any atom is -0.291 e. The minimum absolute atomic E-state index is 0.202. The van der Waals surface area contributed by atoms with E-state index in [4.69, 9.17) is 0 Å². The van der Waals surface area contributed by atoms with Crippen LogP contribution in [0.4, 0.5) is 5.95 Å². The quantitative estimate of drug-likeness (QED) is 0.779. The number of aryl methyl sites for hydroxylation is 1. The summed E-state index contributed by atoms with van der Waals surface area (Å²) in [5.74, 6) is 0.220. The van der Waals surface area contributed by atoms with Crippen molar-refractivity contribution in [2.24, 2.45) is 7.05 Å². The molecule has 0 atom stereocenters. The Morgan fingerprint density at radius 2 is 2.29 bits per heavy atom. The second kappa shape index (κ2) is 5.13. The molecule has 0 aliphatic rings. The molecule has 0 saturated carbocycles. The molecule has 1 heterocycles. The molecule has 1 aromatic heterocycles. The predicted molar refractivity (Wildman–Crippen MR) is 75.8 cm³/mol. The normalized spacial score (nSPS) is 10.3. The number of amides is 1. The molecule has 0 saturated heterocycles. The molecule has 7 heteroatoms. The standard InChI is InChI=1S/C10H8BrIN4O/c1-16-10(13-5-14-16)15-9(17)7-4-6(11)2-3-8(7)12/h2-5H,1H3,(H,13,14,15,17). The van der Waals surface area contributed by atoms with Gasteiger partial charge in [-0.2, -0.15) is 10.1 Å². The number of rotatable bonds is 2. The molecule has 0 bridgehead atoms. The number of hydrogen-bond acceptors (Lipinski definition) is 3. The van der Waals surface area contributed by atoms with E-state index in [0.717, 1.165) is 8.04 Å². The highest BCUT2D eigenvalue weighted by Gasteiger charge is 2.12. The average molecular weight is 407 g/mol. The zero-order valence-electron chi connectivity index (χ0n) is 8.82. The fraction of sp³-hybridized carbons (Fsp3) is 0.100. The van der Waals surface area contributed by atoms with Gasteiger partial charge in [0.15, 0.2) is 0 Å². The maximum atomic E-state index is 12.0. The van der Waals surface area contributed by atoms with Crippen LogP contribution in [0.3, 0.4) is 0 Å². The maximum Gasteiger partial charge on any atom is 0.259 e. The van der Waals surface area contributed by atoms with Gasteiger partial charge in [0.2, 0.25) is 5.95 Å². The number of anilines is 1. The lowest BCUT2D eigenvalue weighted by molar-refractivity contribution is 0.102. The summed E-state index contributed by atoms with van der Waals surface area (Å²) >= 11 is 5.46. The fourth-order valence-corrected chi connectivity index (χ4v) is 2.19. The van der Waals surface area contributed by atoms with E-state index in [0.29, 0.717) is 11.5 Å². The van der Waals surface area contributed by atoms with Crippen molar-refractivity contribution in [2.45, 2.75) is 0 Å². The maximum absolute atomic E-state index is 12.0. The first kappa shape index (κ1) is 12.5. The first-order chi connectivity index (χ1) is 8.08. The number of carbonyl (C=O) groups is 1. The van der Waals surface area contributed by atoms with Gasteiger partial charge in [-0.05, 0) is 40.8 Å². The highest BCUT2D eigenvalue weighted by molar-refractivity contribution is 14.1. The Labute approximate surface area is 120 Å². The fourth-order valence-electron chi connectivity index (χ4n) is 1.25. The summed E-state index contributed by atoms with van der Waals surface area (Å²) in [6, 6.07) is 5.53. The van der Waals surface area contributed by atoms with Gasteiger partial charge in [-0.3, -0.25) is 10.1 Å². The molecule has 0 unspecified atom stereocenters. The Kier molecular flexibility index (Phi) is 3.77. The van der Waals surface area contributed by atoms with Gasteiger partial charge >= 0.3 is 0 Å². The second-order valence-electron chi connectivity index (χ2n) is 3.29. The molecule has 0 aliphatic carbocycles. The summed E-state index contributed by atoms with van der Waals surface area (Å²) in [6.07, 6.45) is 1.39. The SMILES string of the molecule is Cn1ncnc1NC(=O)c1cc(Br)ccc1I. The molecular formula is C10H8BrIN4O. The Bertz CT molecular complexity index is 569. The minimum atomic E-state index is -0.202. The van der Waals surface area contributed by atoms with Crippen LogP contribution >= 0.6 is 38.5 Å². The van der Waals surface area contributed by atoms with Crippen LogP contribution in [0.5, 0.6) is 0 Å². The zero-order valence-corrected chi connectivity index (χ0v) is 12.6. The smallest absolute Gasteiger partial charge is 0.259 e. The van der Waals surface area contributed by atoms with Crippen molar-refractivity contribution in [3.8, 4) is 0 Å². The Morgan fingerprint density at radius 3 is 2.94 bits per heavy atom. The van der Waals surface area contributed by atoms with Gasteiger partial charge in [0.05, 0.1) is 5.56 Å². The first-order valence-corrected chi connectivity index (χ1v) is 6.55. The van der Waals surface area contributed by atoms with Gasteiger partial charge < -0.3 is 0 Å². The van der Waals surface area contributed by atoms with E-state index in [1.165, 1.54) is 11.0 Å². The molecule has 0 radical (unpaired) electrons. The summed E-state index contributed by atoms with van der Waals surface area (Å²) in [5.41, 5.74) is 0.600. The molecule has 1 aromatic carbocycles. The summed E-state index contributed by atoms with van der Waals surface area (Å²) in [4.78, 5) is 16.0. The zero-order chi connectivity index (χ0) is 12.4. The van der Waals surface area contributed by atoms with Gasteiger partial charge in [-0.1, -0.05) is 15.9 Å². The molecule has 1 amide bonds. The molecular weight excluding hydrogens is 399 g/mol. The van der Waals surface area contributed by atoms with Crippen molar-refractivity contribution >= 4 is 50.4 Å². The van der Waals surface area contributed by atoms with Crippen LogP contribution < -0.4 is 5.32 Å². The van der Waals surface area contributed by atoms with Crippen molar-refractivity contribution in [1.29, 1.82) is 0 Å². The van der Waals surface area contributed by atoms with Gasteiger partial charge in [-0.25, -0.2) is 4.68 Å². The van der Waals surface area contributed by atoms with Gasteiger partial charge in [0, 0.05) is 15.1 Å². The van der Waals surface area contributed by atoms with Crippen molar-refractivity contribution in [2.75, 3.05) is 5.32 Å². The van der Waals surface area contributed by atoms with Crippen molar-refractivity contribution in [1.82, 2.24) is 14.8 Å². The molecule has 0 aliphatic heterocycles. The summed E-state index contributed by atoms with van der Waals surface area (Å²) in [7, 11) is 1.72. The Morgan fingerprint density at radius 1 is 1.53 bits per heavy atom. The summed E-state index contributed by atoms with van der Waals surface area (Å²) < 4.78 is 3.24. The van der Waals surface area contributed by atoms with E-state index in [9.17, 15) is 4.79 Å². The topological polar surface area (TPSA) is 59.8 Å². The lowest BCUT2D eigenvalue weighted by atomic mass is 10.2. The number of nitrogens with one attached hydrogen (secondary N) is 1. The highest BCUT2D eigenvalue weighted by atomic mass is 127. The number of aromatic nitrogens is 3. The number of hydrogen-bond donors (Lipinski definition) is 1. The highest BCUT2D eigenvalue weighted by Crippen LogP contribution is 2.19. The second-order valence-corrected chi connectivity index (χ2v) is 5.36. The molecule has 17 heavy (non-hydrogen) atoms. The molecule has 5 nitrogen and oxygen atoms in total. The number of halogens is 2. The molecule has 2 aromatic rings. The van der Waals surface area contributed by atoms with Crippen LogP contribution in [0.1, 0.15) is 10.4 Å². The number of benzene rings is 1. The van der Waals surface area contributed by atoms with Gasteiger partial charge in [-0.15, -0.1) is 0 Å². The van der Waals surface area contributed by atoms with E-state index < -0.39 is 0 Å². The molecule has 1 N–H and O–H groups in total. The third-order valence-corrected chi connectivity index (χ3v) is 3.54. The lowest BCUT2D eigenvalue weighted by Gasteiger charge is -2.06. The largest absolute Gasteiger partial charge is 0.291 e. The number of carbonyl (C=O) groups excluding carboxylic acids is 1. The van der Waals surface area contributed by atoms with Gasteiger partial charge in [0.1, 0.15) is 6.33 Å². The Hall–Kier alpha value is -0.960. The number of nitrogens with zero attached hydrogens (tertiary/aromatic N) is 3. The third-order valence-electron chi connectivity index (χ3n) is 2.11. The van der Waals surface area contributed by atoms with E-state index >= 15 is 0 Å². The van der Waals surface area contributed by atoms with Crippen LogP contribution in [0, 0.1) is 3.57 Å². The summed E-state index contributed by atoms with van der Waals surface area (Å²) in [5, 5.41) is 6.58. The Balaban J connectivity index is 2.26. The van der Waals surface area contributed by atoms with E-state index in [1.807, 2.05) is 12.1 Å². The van der Waals surface area contributed by atoms with Crippen LogP contribution in [-0.2, 0) is 7.05 Å². The van der Waals surface area contributed by atoms with Crippen molar-refractivity contribution in [3.63, 3.8) is 0 Å². The van der Waals surface area contributed by atoms with Crippen molar-refractivity contribution < 1.29 is 4.79 Å². The third kappa shape index (κ3) is 2.83. The van der Waals surface area contributed by atoms with E-state index in [1.54, 1.807) is 13.1 Å². The predicted octanol–water partition coefficient (Wildman–Crippen LogP) is 2.43. The molecule has 0 fully saturated rings. The van der Waals surface area contributed by atoms with E-state index in [-0.39, 0.29) is 5.91 Å². The molecule has 88 valence electrons.